The molecule has 2 heterocycles. The van der Waals surface area contributed by atoms with Crippen molar-refractivity contribution in [1.29, 1.82) is 0 Å². The van der Waals surface area contributed by atoms with Crippen molar-refractivity contribution < 1.29 is 14.6 Å². The van der Waals surface area contributed by atoms with Gasteiger partial charge in [-0.15, -0.1) is 0 Å². The van der Waals surface area contributed by atoms with E-state index in [-0.39, 0.29) is 5.97 Å². The van der Waals surface area contributed by atoms with E-state index >= 15 is 0 Å². The molecule has 2 fully saturated rings. The lowest BCUT2D eigenvalue weighted by atomic mass is 9.77. The van der Waals surface area contributed by atoms with Crippen LogP contribution in [0.1, 0.15) is 53.4 Å². The van der Waals surface area contributed by atoms with Crippen molar-refractivity contribution in [2.24, 2.45) is 5.92 Å². The summed E-state index contributed by atoms with van der Waals surface area (Å²) in [4.78, 5) is 14.6. The van der Waals surface area contributed by atoms with Gasteiger partial charge in [0, 0.05) is 12.6 Å². The van der Waals surface area contributed by atoms with Gasteiger partial charge in [0.1, 0.15) is 5.60 Å². The van der Waals surface area contributed by atoms with Crippen LogP contribution in [0, 0.1) is 5.92 Å². The van der Waals surface area contributed by atoms with Crippen LogP contribution in [0.3, 0.4) is 0 Å². The Hall–Kier alpha value is -0.610. The van der Waals surface area contributed by atoms with Crippen LogP contribution in [0.5, 0.6) is 0 Å². The first kappa shape index (κ1) is 14.8. The fourth-order valence-electron chi connectivity index (χ4n) is 3.27. The maximum absolute atomic E-state index is 12.2. The third-order valence-electron chi connectivity index (χ3n) is 4.49. The minimum atomic E-state index is -0.895. The molecule has 19 heavy (non-hydrogen) atoms. The normalized spacial score (nSPS) is 33.8. The summed E-state index contributed by atoms with van der Waals surface area (Å²) in [6.45, 7) is 9.43. The molecule has 1 N–H and O–H groups in total. The molecule has 0 aliphatic carbocycles. The SMILES string of the molecule is CC(C(=O)OC(C)(C)C)C1(O)CCN2CCCC2C1. The summed E-state index contributed by atoms with van der Waals surface area (Å²) in [5, 5.41) is 10.8. The van der Waals surface area contributed by atoms with Crippen LogP contribution in [0.25, 0.3) is 0 Å². The minimum absolute atomic E-state index is 0.276. The molecular weight excluding hydrogens is 242 g/mol. The van der Waals surface area contributed by atoms with Gasteiger partial charge in [0.05, 0.1) is 11.5 Å². The van der Waals surface area contributed by atoms with E-state index in [1.807, 2.05) is 20.8 Å². The number of carbonyl (C=O) groups is 1. The predicted molar refractivity (Wildman–Crippen MR) is 73.8 cm³/mol. The smallest absolute Gasteiger partial charge is 0.312 e. The predicted octanol–water partition coefficient (Wildman–Crippen LogP) is 1.95. The zero-order valence-corrected chi connectivity index (χ0v) is 12.6. The van der Waals surface area contributed by atoms with Crippen molar-refractivity contribution >= 4 is 5.97 Å². The highest BCUT2D eigenvalue weighted by molar-refractivity contribution is 5.74. The average molecular weight is 269 g/mol. The lowest BCUT2D eigenvalue weighted by Crippen LogP contribution is -2.53. The first-order valence-corrected chi connectivity index (χ1v) is 7.40. The summed E-state index contributed by atoms with van der Waals surface area (Å²) >= 11 is 0. The van der Waals surface area contributed by atoms with Gasteiger partial charge in [-0.05, 0) is 59.9 Å². The highest BCUT2D eigenvalue weighted by atomic mass is 16.6. The van der Waals surface area contributed by atoms with E-state index in [9.17, 15) is 9.90 Å². The number of hydrogen-bond acceptors (Lipinski definition) is 4. The Morgan fingerprint density at radius 1 is 1.42 bits per heavy atom. The zero-order chi connectivity index (χ0) is 14.3. The molecule has 0 spiro atoms. The van der Waals surface area contributed by atoms with Crippen LogP contribution >= 0.6 is 0 Å². The number of nitrogens with zero attached hydrogens (tertiary/aromatic N) is 1. The molecular formula is C15H27NO3. The Balaban J connectivity index is 2.01. The third kappa shape index (κ3) is 3.29. The van der Waals surface area contributed by atoms with Crippen molar-refractivity contribution in [3.8, 4) is 0 Å². The molecule has 2 aliphatic heterocycles. The number of aliphatic hydroxyl groups is 1. The summed E-state index contributed by atoms with van der Waals surface area (Å²) in [7, 11) is 0. The van der Waals surface area contributed by atoms with Crippen LogP contribution in [0.15, 0.2) is 0 Å². The molecule has 0 aromatic carbocycles. The first-order chi connectivity index (χ1) is 8.71. The van der Waals surface area contributed by atoms with Gasteiger partial charge in [0.15, 0.2) is 0 Å². The standard InChI is InChI=1S/C15H27NO3/c1-11(13(17)19-14(2,3)4)15(18)7-9-16-8-5-6-12(16)10-15/h11-12,18H,5-10H2,1-4H3. The average Bonchev–Trinajstić information content (AvgIpc) is 2.72. The van der Waals surface area contributed by atoms with Crippen LogP contribution in [-0.2, 0) is 9.53 Å². The second kappa shape index (κ2) is 5.06. The van der Waals surface area contributed by atoms with Gasteiger partial charge in [-0.3, -0.25) is 4.79 Å². The maximum atomic E-state index is 12.2. The number of rotatable bonds is 2. The molecule has 3 atom stereocenters. The molecule has 2 rings (SSSR count). The van der Waals surface area contributed by atoms with Gasteiger partial charge in [-0.1, -0.05) is 0 Å². The molecule has 110 valence electrons. The second-order valence-electron chi connectivity index (χ2n) is 7.14. The molecule has 0 amide bonds. The number of piperidine rings is 1. The van der Waals surface area contributed by atoms with Crippen LogP contribution < -0.4 is 0 Å². The van der Waals surface area contributed by atoms with E-state index in [0.717, 1.165) is 19.5 Å². The fraction of sp³-hybridized carbons (Fsp3) is 0.933. The molecule has 0 aromatic heterocycles. The highest BCUT2D eigenvalue weighted by Crippen LogP contribution is 2.38. The summed E-state index contributed by atoms with van der Waals surface area (Å²) < 4.78 is 5.42. The van der Waals surface area contributed by atoms with Gasteiger partial charge in [0.25, 0.3) is 0 Å². The fourth-order valence-corrected chi connectivity index (χ4v) is 3.27. The monoisotopic (exact) mass is 269 g/mol. The molecule has 0 aromatic rings. The summed E-state index contributed by atoms with van der Waals surface area (Å²) in [6.07, 6.45) is 3.72. The second-order valence-corrected chi connectivity index (χ2v) is 7.14. The largest absolute Gasteiger partial charge is 0.460 e. The van der Waals surface area contributed by atoms with E-state index in [1.165, 1.54) is 6.42 Å². The van der Waals surface area contributed by atoms with E-state index in [0.29, 0.717) is 18.9 Å². The number of esters is 1. The summed E-state index contributed by atoms with van der Waals surface area (Å²) in [6, 6.07) is 0.448. The van der Waals surface area contributed by atoms with Crippen LogP contribution in [0.4, 0.5) is 0 Å². The van der Waals surface area contributed by atoms with E-state index in [4.69, 9.17) is 4.74 Å². The Bertz CT molecular complexity index is 350. The lowest BCUT2D eigenvalue weighted by Gasteiger charge is -2.43. The van der Waals surface area contributed by atoms with Gasteiger partial charge in [-0.25, -0.2) is 0 Å². The van der Waals surface area contributed by atoms with Gasteiger partial charge in [0.2, 0.25) is 0 Å². The Morgan fingerprint density at radius 2 is 2.11 bits per heavy atom. The van der Waals surface area contributed by atoms with Crippen molar-refractivity contribution in [2.75, 3.05) is 13.1 Å². The summed E-state index contributed by atoms with van der Waals surface area (Å²) in [5.41, 5.74) is -1.39. The lowest BCUT2D eigenvalue weighted by molar-refractivity contribution is -0.173. The molecule has 2 aliphatic rings. The number of carbonyl (C=O) groups excluding carboxylic acids is 1. The van der Waals surface area contributed by atoms with Crippen molar-refractivity contribution in [3.05, 3.63) is 0 Å². The van der Waals surface area contributed by atoms with Crippen molar-refractivity contribution in [1.82, 2.24) is 4.90 Å². The quantitative estimate of drug-likeness (QED) is 0.779. The summed E-state index contributed by atoms with van der Waals surface area (Å²) in [5.74, 6) is -0.726. The number of hydrogen-bond donors (Lipinski definition) is 1. The number of ether oxygens (including phenoxy) is 1. The topological polar surface area (TPSA) is 49.8 Å². The maximum Gasteiger partial charge on any atom is 0.312 e. The van der Waals surface area contributed by atoms with Gasteiger partial charge in [-0.2, -0.15) is 0 Å². The highest BCUT2D eigenvalue weighted by Gasteiger charge is 2.46. The Labute approximate surface area is 116 Å². The van der Waals surface area contributed by atoms with E-state index < -0.39 is 17.1 Å². The molecule has 4 heteroatoms. The van der Waals surface area contributed by atoms with E-state index in [1.54, 1.807) is 6.92 Å². The van der Waals surface area contributed by atoms with Gasteiger partial charge >= 0.3 is 5.97 Å². The zero-order valence-electron chi connectivity index (χ0n) is 12.6. The molecule has 4 nitrogen and oxygen atoms in total. The Kier molecular flexibility index (Phi) is 3.94. The number of fused-ring (bicyclic) bond motifs is 1. The van der Waals surface area contributed by atoms with E-state index in [2.05, 4.69) is 4.90 Å². The molecule has 0 radical (unpaired) electrons. The molecule has 0 saturated carbocycles. The molecule has 2 saturated heterocycles. The minimum Gasteiger partial charge on any atom is -0.460 e. The van der Waals surface area contributed by atoms with Crippen molar-refractivity contribution in [2.45, 2.75) is 70.6 Å². The molecule has 3 unspecified atom stereocenters. The third-order valence-corrected chi connectivity index (χ3v) is 4.49. The van der Waals surface area contributed by atoms with Crippen molar-refractivity contribution in [3.63, 3.8) is 0 Å². The van der Waals surface area contributed by atoms with Crippen LogP contribution in [0.2, 0.25) is 0 Å². The van der Waals surface area contributed by atoms with Crippen LogP contribution in [-0.4, -0.2) is 46.3 Å². The van der Waals surface area contributed by atoms with Gasteiger partial charge < -0.3 is 14.7 Å². The Morgan fingerprint density at radius 3 is 2.74 bits per heavy atom. The molecule has 0 bridgehead atoms. The first-order valence-electron chi connectivity index (χ1n) is 7.40.